The maximum Gasteiger partial charge on any atom is 0.221 e. The molecule has 5 heteroatoms. The van der Waals surface area contributed by atoms with Gasteiger partial charge in [0, 0.05) is 11.0 Å². The molecular formula is C13H18BrClN2O. The van der Waals surface area contributed by atoms with Gasteiger partial charge in [0.2, 0.25) is 5.91 Å². The van der Waals surface area contributed by atoms with E-state index in [9.17, 15) is 4.79 Å². The van der Waals surface area contributed by atoms with Crippen molar-refractivity contribution in [2.45, 2.75) is 25.8 Å². The second-order valence-electron chi connectivity index (χ2n) is 4.55. The molecule has 0 spiro atoms. The Morgan fingerprint density at radius 1 is 1.33 bits per heavy atom. The van der Waals surface area contributed by atoms with E-state index in [1.165, 1.54) is 31.5 Å². The highest BCUT2D eigenvalue weighted by Crippen LogP contribution is 2.22. The number of nitrogens with two attached hydrogens (primary N) is 1. The lowest BCUT2D eigenvalue weighted by Crippen LogP contribution is -2.19. The Kier molecular flexibility index (Phi) is 6.12. The van der Waals surface area contributed by atoms with Crippen molar-refractivity contribution in [2.75, 3.05) is 13.1 Å². The van der Waals surface area contributed by atoms with Crippen LogP contribution in [0.2, 0.25) is 0 Å². The molecule has 1 fully saturated rings. The van der Waals surface area contributed by atoms with Crippen LogP contribution in [0.3, 0.4) is 0 Å². The lowest BCUT2D eigenvalue weighted by atomic mass is 10.1. The number of amides is 1. The van der Waals surface area contributed by atoms with Crippen LogP contribution in [0.4, 0.5) is 0 Å². The normalized spacial score (nSPS) is 15.4. The fourth-order valence-electron chi connectivity index (χ4n) is 2.21. The summed E-state index contributed by atoms with van der Waals surface area (Å²) in [6, 6.07) is 6.07. The second kappa shape index (κ2) is 7.12. The minimum Gasteiger partial charge on any atom is -0.369 e. The Hall–Kier alpha value is -0.580. The van der Waals surface area contributed by atoms with Crippen LogP contribution in [0, 0.1) is 0 Å². The molecule has 0 aliphatic carbocycles. The quantitative estimate of drug-likeness (QED) is 0.920. The van der Waals surface area contributed by atoms with Crippen LogP contribution in [0.25, 0.3) is 0 Å². The molecule has 1 aliphatic rings. The van der Waals surface area contributed by atoms with Crippen LogP contribution in [0.1, 0.15) is 24.0 Å². The fourth-order valence-corrected chi connectivity index (χ4v) is 2.76. The third-order valence-corrected chi connectivity index (χ3v) is 3.83. The highest BCUT2D eigenvalue weighted by Gasteiger charge is 2.13. The maximum absolute atomic E-state index is 10.8. The van der Waals surface area contributed by atoms with Gasteiger partial charge in [-0.3, -0.25) is 9.69 Å². The second-order valence-corrected chi connectivity index (χ2v) is 5.41. The molecule has 0 atom stereocenters. The molecule has 1 amide bonds. The van der Waals surface area contributed by atoms with Crippen molar-refractivity contribution in [1.29, 1.82) is 0 Å². The van der Waals surface area contributed by atoms with Crippen molar-refractivity contribution >= 4 is 34.2 Å². The average molecular weight is 334 g/mol. The van der Waals surface area contributed by atoms with Crippen molar-refractivity contribution in [3.05, 3.63) is 33.8 Å². The molecule has 2 N–H and O–H groups in total. The minimum absolute atomic E-state index is 0. The van der Waals surface area contributed by atoms with Crippen LogP contribution in [0.5, 0.6) is 0 Å². The summed E-state index contributed by atoms with van der Waals surface area (Å²) in [4.78, 5) is 13.3. The van der Waals surface area contributed by atoms with Crippen molar-refractivity contribution < 1.29 is 4.79 Å². The van der Waals surface area contributed by atoms with Gasteiger partial charge in [-0.05, 0) is 43.1 Å². The molecule has 1 aromatic carbocycles. The van der Waals surface area contributed by atoms with E-state index in [0.717, 1.165) is 16.6 Å². The van der Waals surface area contributed by atoms with Crippen molar-refractivity contribution in [1.82, 2.24) is 4.90 Å². The highest BCUT2D eigenvalue weighted by molar-refractivity contribution is 9.10. The van der Waals surface area contributed by atoms with E-state index in [1.54, 1.807) is 0 Å². The molecule has 18 heavy (non-hydrogen) atoms. The van der Waals surface area contributed by atoms with Crippen LogP contribution in [-0.4, -0.2) is 23.9 Å². The predicted molar refractivity (Wildman–Crippen MR) is 78.8 cm³/mol. The Balaban J connectivity index is 0.00000162. The van der Waals surface area contributed by atoms with Gasteiger partial charge in [0.15, 0.2) is 0 Å². The minimum atomic E-state index is -0.288. The van der Waals surface area contributed by atoms with Gasteiger partial charge in [0.1, 0.15) is 0 Å². The summed E-state index contributed by atoms with van der Waals surface area (Å²) in [5, 5.41) is 0. The standard InChI is InChI=1S/C13H17BrN2O.ClH/c14-12-7-10(8-13(15)17)3-4-11(12)9-16-5-1-2-6-16;/h3-4,7H,1-2,5-6,8-9H2,(H2,15,17);1H. The van der Waals surface area contributed by atoms with Gasteiger partial charge < -0.3 is 5.73 Å². The van der Waals surface area contributed by atoms with Gasteiger partial charge in [0.25, 0.3) is 0 Å². The van der Waals surface area contributed by atoms with Crippen molar-refractivity contribution in [3.8, 4) is 0 Å². The summed E-state index contributed by atoms with van der Waals surface area (Å²) in [5.74, 6) is -0.288. The van der Waals surface area contributed by atoms with Crippen LogP contribution in [0.15, 0.2) is 22.7 Å². The van der Waals surface area contributed by atoms with Crippen LogP contribution < -0.4 is 5.73 Å². The average Bonchev–Trinajstić information content (AvgIpc) is 2.74. The first-order valence-electron chi connectivity index (χ1n) is 5.93. The Morgan fingerprint density at radius 2 is 2.00 bits per heavy atom. The van der Waals surface area contributed by atoms with Crippen molar-refractivity contribution in [3.63, 3.8) is 0 Å². The van der Waals surface area contributed by atoms with E-state index in [1.807, 2.05) is 12.1 Å². The maximum atomic E-state index is 10.8. The van der Waals surface area contributed by atoms with E-state index in [-0.39, 0.29) is 18.3 Å². The third-order valence-electron chi connectivity index (χ3n) is 3.09. The lowest BCUT2D eigenvalue weighted by molar-refractivity contribution is -0.117. The van der Waals surface area contributed by atoms with E-state index >= 15 is 0 Å². The smallest absolute Gasteiger partial charge is 0.221 e. The molecule has 0 bridgehead atoms. The first kappa shape index (κ1) is 15.5. The number of rotatable bonds is 4. The van der Waals surface area contributed by atoms with E-state index in [0.29, 0.717) is 6.42 Å². The molecule has 1 heterocycles. The summed E-state index contributed by atoms with van der Waals surface area (Å²) in [6.07, 6.45) is 2.91. The highest BCUT2D eigenvalue weighted by atomic mass is 79.9. The van der Waals surface area contributed by atoms with E-state index in [4.69, 9.17) is 5.73 Å². The van der Waals surface area contributed by atoms with Gasteiger partial charge in [-0.2, -0.15) is 0 Å². The molecule has 1 saturated heterocycles. The molecule has 0 aromatic heterocycles. The number of carbonyl (C=O) groups excluding carboxylic acids is 1. The Morgan fingerprint density at radius 3 is 2.56 bits per heavy atom. The molecule has 3 nitrogen and oxygen atoms in total. The molecule has 100 valence electrons. The summed E-state index contributed by atoms with van der Waals surface area (Å²) in [6.45, 7) is 3.36. The topological polar surface area (TPSA) is 46.3 Å². The van der Waals surface area contributed by atoms with Crippen LogP contribution in [-0.2, 0) is 17.8 Å². The van der Waals surface area contributed by atoms with E-state index in [2.05, 4.69) is 26.9 Å². The SMILES string of the molecule is Cl.NC(=O)Cc1ccc(CN2CCCC2)c(Br)c1. The number of carbonyl (C=O) groups is 1. The number of primary amides is 1. The summed E-state index contributed by atoms with van der Waals surface area (Å²) in [7, 11) is 0. The zero-order chi connectivity index (χ0) is 12.3. The van der Waals surface area contributed by atoms with Crippen molar-refractivity contribution in [2.24, 2.45) is 5.73 Å². The number of likely N-dealkylation sites (tertiary alicyclic amines) is 1. The van der Waals surface area contributed by atoms with Gasteiger partial charge in [0.05, 0.1) is 6.42 Å². The number of nitrogens with zero attached hydrogens (tertiary/aromatic N) is 1. The fraction of sp³-hybridized carbons (Fsp3) is 0.462. The molecule has 0 radical (unpaired) electrons. The molecule has 0 unspecified atom stereocenters. The molecule has 1 aliphatic heterocycles. The monoisotopic (exact) mass is 332 g/mol. The largest absolute Gasteiger partial charge is 0.369 e. The van der Waals surface area contributed by atoms with Crippen LogP contribution >= 0.6 is 28.3 Å². The molecular weight excluding hydrogens is 316 g/mol. The zero-order valence-corrected chi connectivity index (χ0v) is 12.6. The van der Waals surface area contributed by atoms with Gasteiger partial charge in [-0.15, -0.1) is 12.4 Å². The first-order chi connectivity index (χ1) is 8.15. The summed E-state index contributed by atoms with van der Waals surface area (Å²) < 4.78 is 1.07. The zero-order valence-electron chi connectivity index (χ0n) is 10.2. The number of hydrogen-bond donors (Lipinski definition) is 1. The number of benzene rings is 1. The Labute approximate surface area is 122 Å². The lowest BCUT2D eigenvalue weighted by Gasteiger charge is -2.16. The van der Waals surface area contributed by atoms with Gasteiger partial charge >= 0.3 is 0 Å². The summed E-state index contributed by atoms with van der Waals surface area (Å²) >= 11 is 3.57. The number of halogens is 2. The first-order valence-corrected chi connectivity index (χ1v) is 6.72. The van der Waals surface area contributed by atoms with Gasteiger partial charge in [-0.1, -0.05) is 28.1 Å². The van der Waals surface area contributed by atoms with Gasteiger partial charge in [-0.25, -0.2) is 0 Å². The number of hydrogen-bond acceptors (Lipinski definition) is 2. The summed E-state index contributed by atoms with van der Waals surface area (Å²) in [5.41, 5.74) is 7.43. The molecule has 1 aromatic rings. The Bertz CT molecular complexity index is 419. The predicted octanol–water partition coefficient (Wildman–Crippen LogP) is 2.49. The molecule has 2 rings (SSSR count). The molecule has 0 saturated carbocycles. The van der Waals surface area contributed by atoms with E-state index < -0.39 is 0 Å². The third kappa shape index (κ3) is 4.26.